The molecule has 6 heteroatoms. The number of oxazole rings is 1. The van der Waals surface area contributed by atoms with Crippen molar-refractivity contribution in [3.05, 3.63) is 29.5 Å². The van der Waals surface area contributed by atoms with E-state index >= 15 is 0 Å². The molecule has 0 aliphatic rings. The number of carbonyl (C=O) groups excluding carboxylic acids is 1. The van der Waals surface area contributed by atoms with Gasteiger partial charge in [-0.1, -0.05) is 13.0 Å². The van der Waals surface area contributed by atoms with Crippen LogP contribution in [0.25, 0.3) is 10.8 Å². The van der Waals surface area contributed by atoms with Crippen LogP contribution in [0.2, 0.25) is 0 Å². The summed E-state index contributed by atoms with van der Waals surface area (Å²) in [6.45, 7) is 9.70. The molecule has 22 heavy (non-hydrogen) atoms. The second-order valence-electron chi connectivity index (χ2n) is 6.22. The average Bonchev–Trinajstić information content (AvgIpc) is 3.05. The molecule has 0 atom stereocenters. The van der Waals surface area contributed by atoms with Gasteiger partial charge in [0.15, 0.2) is 0 Å². The van der Waals surface area contributed by atoms with Gasteiger partial charge in [0.1, 0.15) is 6.26 Å². The van der Waals surface area contributed by atoms with E-state index in [0.717, 1.165) is 17.1 Å². The highest BCUT2D eigenvalue weighted by molar-refractivity contribution is 7.13. The molecule has 2 aromatic rings. The molecule has 0 saturated carbocycles. The van der Waals surface area contributed by atoms with Crippen LogP contribution in [0.4, 0.5) is 0 Å². The first-order chi connectivity index (χ1) is 10.4. The van der Waals surface area contributed by atoms with Crippen molar-refractivity contribution in [2.24, 2.45) is 0 Å². The highest BCUT2D eigenvalue weighted by Gasteiger charge is 2.17. The second kappa shape index (κ2) is 7.07. The van der Waals surface area contributed by atoms with Gasteiger partial charge in [0.2, 0.25) is 11.8 Å². The molecule has 1 N–H and O–H groups in total. The Morgan fingerprint density at radius 1 is 1.45 bits per heavy atom. The number of likely N-dealkylation sites (N-methyl/N-ethyl adjacent to an activating group) is 1. The molecule has 0 aliphatic heterocycles. The largest absolute Gasteiger partial charge is 0.444 e. The van der Waals surface area contributed by atoms with E-state index < -0.39 is 0 Å². The monoisotopic (exact) mass is 321 g/mol. The van der Waals surface area contributed by atoms with E-state index in [1.54, 1.807) is 17.6 Å². The highest BCUT2D eigenvalue weighted by atomic mass is 32.1. The minimum atomic E-state index is -0.212. The molecule has 5 nitrogen and oxygen atoms in total. The molecule has 2 aromatic heterocycles. The van der Waals surface area contributed by atoms with Gasteiger partial charge in [-0.2, -0.15) is 0 Å². The van der Waals surface area contributed by atoms with Crippen molar-refractivity contribution in [1.82, 2.24) is 15.2 Å². The SMILES string of the molecule is CCN(CC(=O)NC(C)(C)C)Cc1coc(-c2cccs2)n1. The van der Waals surface area contributed by atoms with Gasteiger partial charge >= 0.3 is 0 Å². The third-order valence-corrected chi connectivity index (χ3v) is 3.86. The third-order valence-electron chi connectivity index (χ3n) is 3.00. The van der Waals surface area contributed by atoms with Gasteiger partial charge in [-0.3, -0.25) is 9.69 Å². The van der Waals surface area contributed by atoms with Crippen molar-refractivity contribution < 1.29 is 9.21 Å². The van der Waals surface area contributed by atoms with E-state index in [1.165, 1.54) is 0 Å². The molecule has 0 fully saturated rings. The Kier molecular flexibility index (Phi) is 5.37. The molecule has 0 spiro atoms. The zero-order valence-electron chi connectivity index (χ0n) is 13.5. The van der Waals surface area contributed by atoms with Crippen molar-refractivity contribution in [3.63, 3.8) is 0 Å². The molecule has 0 unspecified atom stereocenters. The van der Waals surface area contributed by atoms with Gasteiger partial charge in [0.25, 0.3) is 0 Å². The highest BCUT2D eigenvalue weighted by Crippen LogP contribution is 2.23. The first-order valence-corrected chi connectivity index (χ1v) is 8.27. The molecule has 0 bridgehead atoms. The van der Waals surface area contributed by atoms with Crippen molar-refractivity contribution in [1.29, 1.82) is 0 Å². The van der Waals surface area contributed by atoms with E-state index in [2.05, 4.69) is 10.3 Å². The number of hydrogen-bond acceptors (Lipinski definition) is 5. The van der Waals surface area contributed by atoms with Crippen molar-refractivity contribution >= 4 is 17.2 Å². The van der Waals surface area contributed by atoms with Crippen LogP contribution in [-0.4, -0.2) is 34.4 Å². The minimum absolute atomic E-state index is 0.0244. The predicted octanol–water partition coefficient (Wildman–Crippen LogP) is 3.14. The molecule has 0 aromatic carbocycles. The van der Waals surface area contributed by atoms with Crippen LogP contribution in [0.3, 0.4) is 0 Å². The number of rotatable bonds is 6. The van der Waals surface area contributed by atoms with Gasteiger partial charge < -0.3 is 9.73 Å². The second-order valence-corrected chi connectivity index (χ2v) is 7.17. The van der Waals surface area contributed by atoms with Crippen molar-refractivity contribution in [3.8, 4) is 10.8 Å². The molecular formula is C16H23N3O2S. The number of nitrogens with zero attached hydrogens (tertiary/aromatic N) is 2. The van der Waals surface area contributed by atoms with Gasteiger partial charge in [-0.15, -0.1) is 11.3 Å². The summed E-state index contributed by atoms with van der Waals surface area (Å²) < 4.78 is 5.51. The lowest BCUT2D eigenvalue weighted by atomic mass is 10.1. The summed E-state index contributed by atoms with van der Waals surface area (Å²) in [6, 6.07) is 3.95. The number of amides is 1. The molecule has 1 amide bonds. The standard InChI is InChI=1S/C16H23N3O2S/c1-5-19(10-14(20)18-16(2,3)4)9-12-11-21-15(17-12)13-7-6-8-22-13/h6-8,11H,5,9-10H2,1-4H3,(H,18,20). The number of hydrogen-bond donors (Lipinski definition) is 1. The lowest BCUT2D eigenvalue weighted by Gasteiger charge is -2.24. The number of nitrogens with one attached hydrogen (secondary N) is 1. The van der Waals surface area contributed by atoms with E-state index in [9.17, 15) is 4.79 Å². The Morgan fingerprint density at radius 2 is 2.23 bits per heavy atom. The maximum absolute atomic E-state index is 12.0. The first kappa shape index (κ1) is 16.7. The van der Waals surface area contributed by atoms with Crippen LogP contribution in [-0.2, 0) is 11.3 Å². The van der Waals surface area contributed by atoms with Crippen LogP contribution in [0, 0.1) is 0 Å². The molecular weight excluding hydrogens is 298 g/mol. The lowest BCUT2D eigenvalue weighted by Crippen LogP contribution is -2.45. The van der Waals surface area contributed by atoms with E-state index in [-0.39, 0.29) is 11.4 Å². The van der Waals surface area contributed by atoms with E-state index in [0.29, 0.717) is 19.0 Å². The summed E-state index contributed by atoms with van der Waals surface area (Å²) in [7, 11) is 0. The molecule has 0 saturated heterocycles. The van der Waals surface area contributed by atoms with Gasteiger partial charge in [-0.05, 0) is 38.8 Å². The Balaban J connectivity index is 1.94. The summed E-state index contributed by atoms with van der Waals surface area (Å²) in [4.78, 5) is 19.6. The molecule has 2 heterocycles. The molecule has 0 radical (unpaired) electrons. The predicted molar refractivity (Wildman–Crippen MR) is 88.7 cm³/mol. The van der Waals surface area contributed by atoms with Gasteiger partial charge in [-0.25, -0.2) is 4.98 Å². The van der Waals surface area contributed by atoms with Crippen LogP contribution < -0.4 is 5.32 Å². The Hall–Kier alpha value is -1.66. The van der Waals surface area contributed by atoms with Crippen LogP contribution in [0.1, 0.15) is 33.4 Å². The smallest absolute Gasteiger partial charge is 0.236 e. The van der Waals surface area contributed by atoms with Crippen molar-refractivity contribution in [2.75, 3.05) is 13.1 Å². The topological polar surface area (TPSA) is 58.4 Å². The normalized spacial score (nSPS) is 11.9. The third kappa shape index (κ3) is 4.96. The number of carbonyl (C=O) groups is 1. The Bertz CT molecular complexity index is 599. The molecule has 120 valence electrons. The summed E-state index contributed by atoms with van der Waals surface area (Å²) >= 11 is 1.60. The van der Waals surface area contributed by atoms with Crippen LogP contribution in [0.15, 0.2) is 28.2 Å². The van der Waals surface area contributed by atoms with Gasteiger partial charge in [0.05, 0.1) is 17.1 Å². The number of thiophene rings is 1. The zero-order chi connectivity index (χ0) is 16.2. The Morgan fingerprint density at radius 3 is 2.82 bits per heavy atom. The Labute approximate surface area is 135 Å². The van der Waals surface area contributed by atoms with Gasteiger partial charge in [0, 0.05) is 12.1 Å². The first-order valence-electron chi connectivity index (χ1n) is 7.39. The van der Waals surface area contributed by atoms with Crippen molar-refractivity contribution in [2.45, 2.75) is 39.8 Å². The van der Waals surface area contributed by atoms with Crippen LogP contribution >= 0.6 is 11.3 Å². The minimum Gasteiger partial charge on any atom is -0.444 e. The zero-order valence-corrected chi connectivity index (χ0v) is 14.4. The summed E-state index contributed by atoms with van der Waals surface area (Å²) in [5, 5.41) is 4.97. The fourth-order valence-electron chi connectivity index (χ4n) is 2.06. The summed E-state index contributed by atoms with van der Waals surface area (Å²) in [5.74, 6) is 0.663. The summed E-state index contributed by atoms with van der Waals surface area (Å²) in [6.07, 6.45) is 1.67. The maximum Gasteiger partial charge on any atom is 0.236 e. The summed E-state index contributed by atoms with van der Waals surface area (Å²) in [5.41, 5.74) is 0.630. The fraction of sp³-hybridized carbons (Fsp3) is 0.500. The average molecular weight is 321 g/mol. The van der Waals surface area contributed by atoms with Crippen LogP contribution in [0.5, 0.6) is 0 Å². The number of aromatic nitrogens is 1. The van der Waals surface area contributed by atoms with E-state index in [4.69, 9.17) is 4.42 Å². The molecule has 2 rings (SSSR count). The maximum atomic E-state index is 12.0. The molecule has 0 aliphatic carbocycles. The quantitative estimate of drug-likeness (QED) is 0.888. The van der Waals surface area contributed by atoms with E-state index in [1.807, 2.05) is 50.1 Å². The lowest BCUT2D eigenvalue weighted by molar-refractivity contribution is -0.123. The fourth-order valence-corrected chi connectivity index (χ4v) is 2.72.